The second-order valence-corrected chi connectivity index (χ2v) is 4.21. The second kappa shape index (κ2) is 4.65. The minimum absolute atomic E-state index is 0.108. The molecule has 100 valence electrons. The first-order valence-corrected chi connectivity index (χ1v) is 5.86. The molecule has 0 aliphatic carbocycles. The molecule has 1 aromatic carbocycles. The van der Waals surface area contributed by atoms with E-state index in [0.717, 1.165) is 0 Å². The standard InChI is InChI=1S/C14H10FN3O2/c15-9-6-4-8(5-7-9)12-13(18-20-14(12)16)10-2-1-3-11(19)17-10/h1-7H,16H2,(H,17,19). The van der Waals surface area contributed by atoms with Crippen LogP contribution >= 0.6 is 0 Å². The fourth-order valence-corrected chi connectivity index (χ4v) is 1.97. The summed E-state index contributed by atoms with van der Waals surface area (Å²) in [6, 6.07) is 10.5. The summed E-state index contributed by atoms with van der Waals surface area (Å²) in [5, 5.41) is 3.86. The van der Waals surface area contributed by atoms with Gasteiger partial charge in [0.1, 0.15) is 11.5 Å². The number of nitrogens with two attached hydrogens (primary N) is 1. The molecule has 0 amide bonds. The Balaban J connectivity index is 2.19. The fraction of sp³-hybridized carbons (Fsp3) is 0. The van der Waals surface area contributed by atoms with E-state index < -0.39 is 0 Å². The van der Waals surface area contributed by atoms with Crippen LogP contribution in [0.5, 0.6) is 0 Å². The minimum Gasteiger partial charge on any atom is -0.367 e. The third-order valence-corrected chi connectivity index (χ3v) is 2.87. The number of anilines is 1. The van der Waals surface area contributed by atoms with Crippen molar-refractivity contribution in [3.63, 3.8) is 0 Å². The van der Waals surface area contributed by atoms with Crippen LogP contribution in [0.1, 0.15) is 0 Å². The SMILES string of the molecule is Nc1onc(-c2cccc(=O)[nH]2)c1-c1ccc(F)cc1. The number of halogens is 1. The number of nitrogens with one attached hydrogen (secondary N) is 1. The Kier molecular flexibility index (Phi) is 2.83. The molecule has 0 aliphatic rings. The number of hydrogen-bond donors (Lipinski definition) is 2. The van der Waals surface area contributed by atoms with Crippen molar-refractivity contribution in [1.82, 2.24) is 10.1 Å². The van der Waals surface area contributed by atoms with Crippen LogP contribution < -0.4 is 11.3 Å². The Hall–Kier alpha value is -2.89. The predicted molar refractivity (Wildman–Crippen MR) is 72.4 cm³/mol. The summed E-state index contributed by atoms with van der Waals surface area (Å²) in [5.41, 5.74) is 7.59. The van der Waals surface area contributed by atoms with Crippen LogP contribution in [0, 0.1) is 5.82 Å². The van der Waals surface area contributed by atoms with Gasteiger partial charge in [-0.2, -0.15) is 0 Å². The zero-order valence-corrected chi connectivity index (χ0v) is 10.3. The average Bonchev–Trinajstić information content (AvgIpc) is 2.82. The van der Waals surface area contributed by atoms with Crippen molar-refractivity contribution in [3.8, 4) is 22.5 Å². The molecule has 0 aliphatic heterocycles. The lowest BCUT2D eigenvalue weighted by Gasteiger charge is -2.02. The van der Waals surface area contributed by atoms with Gasteiger partial charge in [0.25, 0.3) is 0 Å². The van der Waals surface area contributed by atoms with Crippen LogP contribution in [-0.4, -0.2) is 10.1 Å². The van der Waals surface area contributed by atoms with Crippen molar-refractivity contribution in [2.75, 3.05) is 5.73 Å². The van der Waals surface area contributed by atoms with Crippen LogP contribution in [0.3, 0.4) is 0 Å². The summed E-state index contributed by atoms with van der Waals surface area (Å²) >= 11 is 0. The number of nitrogens with zero attached hydrogens (tertiary/aromatic N) is 1. The van der Waals surface area contributed by atoms with E-state index in [1.165, 1.54) is 18.2 Å². The molecule has 3 aromatic rings. The number of nitrogen functional groups attached to an aromatic ring is 1. The van der Waals surface area contributed by atoms with Crippen molar-refractivity contribution in [2.45, 2.75) is 0 Å². The Bertz CT molecular complexity index is 806. The normalized spacial score (nSPS) is 10.7. The smallest absolute Gasteiger partial charge is 0.248 e. The molecule has 3 rings (SSSR count). The van der Waals surface area contributed by atoms with Crippen LogP contribution in [0.15, 0.2) is 51.8 Å². The molecule has 2 aromatic heterocycles. The molecule has 0 spiro atoms. The highest BCUT2D eigenvalue weighted by Gasteiger charge is 2.17. The first-order valence-electron chi connectivity index (χ1n) is 5.86. The van der Waals surface area contributed by atoms with Gasteiger partial charge < -0.3 is 15.2 Å². The maximum atomic E-state index is 13.0. The maximum Gasteiger partial charge on any atom is 0.248 e. The largest absolute Gasteiger partial charge is 0.367 e. The van der Waals surface area contributed by atoms with Gasteiger partial charge in [-0.25, -0.2) is 4.39 Å². The summed E-state index contributed by atoms with van der Waals surface area (Å²) in [4.78, 5) is 14.0. The minimum atomic E-state index is -0.349. The molecule has 0 saturated carbocycles. The summed E-state index contributed by atoms with van der Waals surface area (Å²) in [6.07, 6.45) is 0. The zero-order chi connectivity index (χ0) is 14.1. The van der Waals surface area contributed by atoms with Gasteiger partial charge in [-0.15, -0.1) is 0 Å². The molecular weight excluding hydrogens is 261 g/mol. The summed E-state index contributed by atoms with van der Waals surface area (Å²) in [5.74, 6) is -0.241. The number of H-pyrrole nitrogens is 1. The van der Waals surface area contributed by atoms with Gasteiger partial charge in [0, 0.05) is 6.07 Å². The highest BCUT2D eigenvalue weighted by atomic mass is 19.1. The van der Waals surface area contributed by atoms with Crippen molar-refractivity contribution >= 4 is 5.88 Å². The lowest BCUT2D eigenvalue weighted by molar-refractivity contribution is 0.439. The predicted octanol–water partition coefficient (Wildman–Crippen LogP) is 2.42. The quantitative estimate of drug-likeness (QED) is 0.749. The van der Waals surface area contributed by atoms with Gasteiger partial charge in [0.05, 0.1) is 11.3 Å². The van der Waals surface area contributed by atoms with E-state index in [2.05, 4.69) is 10.1 Å². The molecule has 0 fully saturated rings. The molecule has 0 radical (unpaired) electrons. The molecule has 6 heteroatoms. The van der Waals surface area contributed by atoms with Crippen molar-refractivity contribution in [2.24, 2.45) is 0 Å². The number of benzene rings is 1. The van der Waals surface area contributed by atoms with Crippen LogP contribution in [0.2, 0.25) is 0 Å². The van der Waals surface area contributed by atoms with Crippen molar-refractivity contribution in [1.29, 1.82) is 0 Å². The summed E-state index contributed by atoms with van der Waals surface area (Å²) in [6.45, 7) is 0. The molecule has 0 bridgehead atoms. The fourth-order valence-electron chi connectivity index (χ4n) is 1.97. The number of aromatic nitrogens is 2. The second-order valence-electron chi connectivity index (χ2n) is 4.21. The van der Waals surface area contributed by atoms with Gasteiger partial charge in [-0.1, -0.05) is 23.4 Å². The van der Waals surface area contributed by atoms with E-state index >= 15 is 0 Å². The van der Waals surface area contributed by atoms with Crippen LogP contribution in [0.4, 0.5) is 10.3 Å². The van der Waals surface area contributed by atoms with Gasteiger partial charge in [0.2, 0.25) is 11.4 Å². The molecule has 2 heterocycles. The van der Waals surface area contributed by atoms with Crippen molar-refractivity contribution in [3.05, 3.63) is 58.6 Å². The number of aromatic amines is 1. The van der Waals surface area contributed by atoms with E-state index in [1.54, 1.807) is 24.3 Å². The maximum absolute atomic E-state index is 13.0. The lowest BCUT2D eigenvalue weighted by atomic mass is 10.0. The lowest BCUT2D eigenvalue weighted by Crippen LogP contribution is -2.04. The van der Waals surface area contributed by atoms with Crippen LogP contribution in [-0.2, 0) is 0 Å². The number of rotatable bonds is 2. The molecule has 0 saturated heterocycles. The third-order valence-electron chi connectivity index (χ3n) is 2.87. The number of hydrogen-bond acceptors (Lipinski definition) is 4. The van der Waals surface area contributed by atoms with Gasteiger partial charge in [-0.3, -0.25) is 4.79 Å². The molecule has 5 nitrogen and oxygen atoms in total. The summed E-state index contributed by atoms with van der Waals surface area (Å²) < 4.78 is 18.0. The van der Waals surface area contributed by atoms with Gasteiger partial charge >= 0.3 is 0 Å². The van der Waals surface area contributed by atoms with E-state index in [1.807, 2.05) is 0 Å². The van der Waals surface area contributed by atoms with Gasteiger partial charge in [0.15, 0.2) is 0 Å². The monoisotopic (exact) mass is 271 g/mol. The summed E-state index contributed by atoms with van der Waals surface area (Å²) in [7, 11) is 0. The average molecular weight is 271 g/mol. The topological polar surface area (TPSA) is 84.9 Å². The molecular formula is C14H10FN3O2. The van der Waals surface area contributed by atoms with E-state index in [-0.39, 0.29) is 17.3 Å². The number of pyridine rings is 1. The Labute approximate surface area is 112 Å². The Morgan fingerprint density at radius 2 is 1.90 bits per heavy atom. The molecule has 3 N–H and O–H groups in total. The molecule has 0 unspecified atom stereocenters. The highest BCUT2D eigenvalue weighted by Crippen LogP contribution is 2.34. The van der Waals surface area contributed by atoms with E-state index in [0.29, 0.717) is 22.5 Å². The zero-order valence-electron chi connectivity index (χ0n) is 10.3. The first-order chi connectivity index (χ1) is 9.65. The first kappa shape index (κ1) is 12.2. The molecule has 20 heavy (non-hydrogen) atoms. The van der Waals surface area contributed by atoms with Crippen LogP contribution in [0.25, 0.3) is 22.5 Å². The van der Waals surface area contributed by atoms with Gasteiger partial charge in [-0.05, 0) is 23.8 Å². The van der Waals surface area contributed by atoms with Crippen molar-refractivity contribution < 1.29 is 8.91 Å². The van der Waals surface area contributed by atoms with E-state index in [4.69, 9.17) is 10.3 Å². The Morgan fingerprint density at radius 3 is 2.60 bits per heavy atom. The Morgan fingerprint density at radius 1 is 1.15 bits per heavy atom. The third kappa shape index (κ3) is 2.07. The highest BCUT2D eigenvalue weighted by molar-refractivity contribution is 5.85. The van der Waals surface area contributed by atoms with E-state index in [9.17, 15) is 9.18 Å². The molecule has 0 atom stereocenters.